The largest absolute Gasteiger partial charge is 0.396 e. The van der Waals surface area contributed by atoms with E-state index in [1.807, 2.05) is 19.9 Å². The van der Waals surface area contributed by atoms with Gasteiger partial charge >= 0.3 is 0 Å². The Labute approximate surface area is 115 Å². The van der Waals surface area contributed by atoms with E-state index >= 15 is 0 Å². The van der Waals surface area contributed by atoms with Gasteiger partial charge in [0.2, 0.25) is 0 Å². The van der Waals surface area contributed by atoms with Crippen LogP contribution in [0.4, 0.5) is 0 Å². The number of ketones is 1. The van der Waals surface area contributed by atoms with Gasteiger partial charge in [0.15, 0.2) is 0 Å². The van der Waals surface area contributed by atoms with E-state index < -0.39 is 11.5 Å². The van der Waals surface area contributed by atoms with Gasteiger partial charge < -0.3 is 10.2 Å². The predicted octanol–water partition coefficient (Wildman–Crippen LogP) is 2.32. The Morgan fingerprint density at radius 3 is 2.79 bits per heavy atom. The van der Waals surface area contributed by atoms with Crippen LogP contribution in [0.5, 0.6) is 0 Å². The third-order valence-corrected chi connectivity index (χ3v) is 5.50. The maximum absolute atomic E-state index is 12.5. The Balaban J connectivity index is 2.36. The lowest BCUT2D eigenvalue weighted by Crippen LogP contribution is -2.49. The van der Waals surface area contributed by atoms with Gasteiger partial charge in [-0.05, 0) is 44.4 Å². The van der Waals surface area contributed by atoms with Crippen LogP contribution in [0, 0.1) is 23.2 Å². The van der Waals surface area contributed by atoms with Crippen molar-refractivity contribution in [2.45, 2.75) is 52.6 Å². The molecule has 0 spiro atoms. The molecule has 3 heteroatoms. The SMILES string of the molecule is CC1=C[C@H](O)[C@H]2C[C@@H](C)CC[C@@H]2[C@@]1(C)C(=O)CCO. The highest BCUT2D eigenvalue weighted by molar-refractivity contribution is 5.88. The van der Waals surface area contributed by atoms with E-state index in [1.165, 1.54) is 0 Å². The maximum atomic E-state index is 12.5. The van der Waals surface area contributed by atoms with E-state index in [1.54, 1.807) is 0 Å². The number of fused-ring (bicyclic) bond motifs is 1. The average molecular weight is 266 g/mol. The molecule has 2 aliphatic carbocycles. The van der Waals surface area contributed by atoms with E-state index in [0.717, 1.165) is 24.8 Å². The van der Waals surface area contributed by atoms with Gasteiger partial charge in [0.25, 0.3) is 0 Å². The predicted molar refractivity (Wildman–Crippen MR) is 74.6 cm³/mol. The van der Waals surface area contributed by atoms with Gasteiger partial charge in [-0.2, -0.15) is 0 Å². The zero-order valence-corrected chi connectivity index (χ0v) is 12.2. The molecule has 0 amide bonds. The van der Waals surface area contributed by atoms with Gasteiger partial charge in [-0.3, -0.25) is 4.79 Å². The molecule has 0 bridgehead atoms. The van der Waals surface area contributed by atoms with Crippen LogP contribution >= 0.6 is 0 Å². The zero-order valence-electron chi connectivity index (χ0n) is 12.2. The Morgan fingerprint density at radius 2 is 2.16 bits per heavy atom. The van der Waals surface area contributed by atoms with Crippen LogP contribution in [0.25, 0.3) is 0 Å². The summed E-state index contributed by atoms with van der Waals surface area (Å²) in [7, 11) is 0. The topological polar surface area (TPSA) is 57.5 Å². The fraction of sp³-hybridized carbons (Fsp3) is 0.812. The highest BCUT2D eigenvalue weighted by Crippen LogP contribution is 2.52. The van der Waals surface area contributed by atoms with Crippen molar-refractivity contribution in [1.82, 2.24) is 0 Å². The summed E-state index contributed by atoms with van der Waals surface area (Å²) in [6.07, 6.45) is 4.80. The molecule has 0 saturated heterocycles. The first-order valence-electron chi connectivity index (χ1n) is 7.42. The second-order valence-corrected chi connectivity index (χ2v) is 6.63. The van der Waals surface area contributed by atoms with Gasteiger partial charge in [-0.15, -0.1) is 0 Å². The first-order chi connectivity index (χ1) is 8.91. The van der Waals surface area contributed by atoms with Crippen LogP contribution in [0.1, 0.15) is 46.5 Å². The van der Waals surface area contributed by atoms with Crippen LogP contribution in [-0.2, 0) is 4.79 Å². The number of Topliss-reactive ketones (excluding diaryl/α,β-unsaturated/α-hetero) is 1. The molecule has 1 saturated carbocycles. The molecular weight excluding hydrogens is 240 g/mol. The van der Waals surface area contributed by atoms with E-state index in [0.29, 0.717) is 5.92 Å². The van der Waals surface area contributed by atoms with E-state index in [4.69, 9.17) is 5.11 Å². The molecule has 0 aromatic heterocycles. The molecule has 108 valence electrons. The molecule has 1 fully saturated rings. The van der Waals surface area contributed by atoms with E-state index in [9.17, 15) is 9.90 Å². The normalized spacial score (nSPS) is 42.5. The van der Waals surface area contributed by atoms with Crippen LogP contribution < -0.4 is 0 Å². The van der Waals surface area contributed by atoms with Crippen molar-refractivity contribution in [2.24, 2.45) is 23.2 Å². The molecule has 19 heavy (non-hydrogen) atoms. The summed E-state index contributed by atoms with van der Waals surface area (Å²) in [6.45, 7) is 6.10. The van der Waals surface area contributed by atoms with Crippen molar-refractivity contribution >= 4 is 5.78 Å². The summed E-state index contributed by atoms with van der Waals surface area (Å²) in [4.78, 5) is 12.5. The molecule has 2 N–H and O–H groups in total. The van der Waals surface area contributed by atoms with Gasteiger partial charge in [0.1, 0.15) is 5.78 Å². The number of carbonyl (C=O) groups excluding carboxylic acids is 1. The highest BCUT2D eigenvalue weighted by atomic mass is 16.3. The molecule has 0 unspecified atom stereocenters. The lowest BCUT2D eigenvalue weighted by atomic mass is 9.54. The number of carbonyl (C=O) groups is 1. The van der Waals surface area contributed by atoms with Crippen molar-refractivity contribution < 1.29 is 15.0 Å². The standard InChI is InChI=1S/C16H26O3/c1-10-4-5-13-12(8-10)14(18)9-11(2)16(13,3)15(19)6-7-17/h9-10,12-14,17-18H,4-8H2,1-3H3/t10-,12-,13-,14-,16-/m0/s1. The van der Waals surface area contributed by atoms with E-state index in [-0.39, 0.29) is 30.6 Å². The number of allylic oxidation sites excluding steroid dienone is 1. The highest BCUT2D eigenvalue weighted by Gasteiger charge is 2.51. The van der Waals surface area contributed by atoms with Crippen molar-refractivity contribution in [2.75, 3.05) is 6.61 Å². The van der Waals surface area contributed by atoms with Gasteiger partial charge in [-0.1, -0.05) is 25.0 Å². The number of hydrogen-bond acceptors (Lipinski definition) is 3. The first-order valence-corrected chi connectivity index (χ1v) is 7.42. The molecular formula is C16H26O3. The Hall–Kier alpha value is -0.670. The molecule has 0 heterocycles. The number of hydrogen-bond donors (Lipinski definition) is 2. The number of rotatable bonds is 3. The summed E-state index contributed by atoms with van der Waals surface area (Å²) in [5.41, 5.74) is 0.488. The van der Waals surface area contributed by atoms with Crippen molar-refractivity contribution in [1.29, 1.82) is 0 Å². The van der Waals surface area contributed by atoms with Gasteiger partial charge in [-0.25, -0.2) is 0 Å². The third-order valence-electron chi connectivity index (χ3n) is 5.50. The van der Waals surface area contributed by atoms with E-state index in [2.05, 4.69) is 6.92 Å². The minimum absolute atomic E-state index is 0.0853. The fourth-order valence-electron chi connectivity index (χ4n) is 4.15. The zero-order chi connectivity index (χ0) is 14.2. The van der Waals surface area contributed by atoms with Crippen LogP contribution in [0.15, 0.2) is 11.6 Å². The quantitative estimate of drug-likeness (QED) is 0.771. The minimum atomic E-state index is -0.493. The van der Waals surface area contributed by atoms with Crippen LogP contribution in [0.3, 0.4) is 0 Å². The van der Waals surface area contributed by atoms with Crippen molar-refractivity contribution in [3.8, 4) is 0 Å². The molecule has 2 aliphatic rings. The molecule has 3 nitrogen and oxygen atoms in total. The molecule has 2 rings (SSSR count). The third kappa shape index (κ3) is 2.38. The monoisotopic (exact) mass is 266 g/mol. The molecule has 5 atom stereocenters. The second kappa shape index (κ2) is 5.37. The van der Waals surface area contributed by atoms with Crippen LogP contribution in [-0.4, -0.2) is 28.7 Å². The summed E-state index contributed by atoms with van der Waals surface area (Å²) in [5.74, 6) is 1.17. The fourth-order valence-corrected chi connectivity index (χ4v) is 4.15. The lowest BCUT2D eigenvalue weighted by molar-refractivity contribution is -0.134. The summed E-state index contributed by atoms with van der Waals surface area (Å²) >= 11 is 0. The molecule has 0 aromatic rings. The second-order valence-electron chi connectivity index (χ2n) is 6.63. The van der Waals surface area contributed by atoms with Crippen LogP contribution in [0.2, 0.25) is 0 Å². The Morgan fingerprint density at radius 1 is 1.47 bits per heavy atom. The summed E-state index contributed by atoms with van der Waals surface area (Å²) in [6, 6.07) is 0. The summed E-state index contributed by atoms with van der Waals surface area (Å²) in [5, 5.41) is 19.4. The van der Waals surface area contributed by atoms with Crippen molar-refractivity contribution in [3.05, 3.63) is 11.6 Å². The Kier molecular flexibility index (Phi) is 4.17. The first kappa shape index (κ1) is 14.7. The average Bonchev–Trinajstić information content (AvgIpc) is 2.36. The summed E-state index contributed by atoms with van der Waals surface area (Å²) < 4.78 is 0. The molecule has 0 aliphatic heterocycles. The van der Waals surface area contributed by atoms with Crippen molar-refractivity contribution in [3.63, 3.8) is 0 Å². The minimum Gasteiger partial charge on any atom is -0.396 e. The number of aliphatic hydroxyl groups is 2. The smallest absolute Gasteiger partial charge is 0.145 e. The Bertz CT molecular complexity index is 387. The number of aliphatic hydroxyl groups excluding tert-OH is 2. The lowest BCUT2D eigenvalue weighted by Gasteiger charge is -2.50. The molecule has 0 radical (unpaired) electrons. The van der Waals surface area contributed by atoms with Gasteiger partial charge in [0.05, 0.1) is 11.5 Å². The van der Waals surface area contributed by atoms with Gasteiger partial charge in [0, 0.05) is 13.0 Å². The maximum Gasteiger partial charge on any atom is 0.145 e. The molecule has 0 aromatic carbocycles.